The van der Waals surface area contributed by atoms with Crippen molar-refractivity contribution in [1.29, 1.82) is 0 Å². The molecular formula is C19H17FN6OS. The molecule has 142 valence electrons. The van der Waals surface area contributed by atoms with Gasteiger partial charge in [0.25, 0.3) is 0 Å². The van der Waals surface area contributed by atoms with Crippen molar-refractivity contribution >= 4 is 44.1 Å². The van der Waals surface area contributed by atoms with Gasteiger partial charge in [0.05, 0.1) is 22.8 Å². The number of aromatic nitrogens is 4. The van der Waals surface area contributed by atoms with E-state index in [9.17, 15) is 4.39 Å². The van der Waals surface area contributed by atoms with Crippen molar-refractivity contribution in [3.63, 3.8) is 0 Å². The van der Waals surface area contributed by atoms with Crippen LogP contribution in [0.2, 0.25) is 0 Å². The molecule has 1 aromatic carbocycles. The minimum Gasteiger partial charge on any atom is -0.494 e. The Balaban J connectivity index is 1.43. The van der Waals surface area contributed by atoms with Crippen LogP contribution in [0.5, 0.6) is 5.75 Å². The zero-order chi connectivity index (χ0) is 19.1. The average molecular weight is 396 g/mol. The molecule has 3 aromatic heterocycles. The second-order valence-corrected chi connectivity index (χ2v) is 7.42. The van der Waals surface area contributed by atoms with Gasteiger partial charge in [0.2, 0.25) is 0 Å². The molecule has 0 aliphatic carbocycles. The molecule has 4 heterocycles. The van der Waals surface area contributed by atoms with Crippen molar-refractivity contribution in [2.24, 2.45) is 0 Å². The largest absolute Gasteiger partial charge is 0.494 e. The summed E-state index contributed by atoms with van der Waals surface area (Å²) in [5.41, 5.74) is 1.55. The summed E-state index contributed by atoms with van der Waals surface area (Å²) in [6.07, 6.45) is 3.10. The monoisotopic (exact) mass is 396 g/mol. The Labute approximate surface area is 164 Å². The molecule has 0 atom stereocenters. The molecule has 0 radical (unpaired) electrons. The summed E-state index contributed by atoms with van der Waals surface area (Å²) in [6, 6.07) is 5.08. The molecule has 9 heteroatoms. The minimum atomic E-state index is -0.423. The van der Waals surface area contributed by atoms with Crippen LogP contribution >= 0.6 is 11.3 Å². The third-order valence-electron chi connectivity index (χ3n) is 4.99. The normalized spacial score (nSPS) is 14.8. The highest BCUT2D eigenvalue weighted by molar-refractivity contribution is 7.17. The number of benzene rings is 1. The van der Waals surface area contributed by atoms with Gasteiger partial charge in [-0.1, -0.05) is 0 Å². The Bertz CT molecular complexity index is 1160. The zero-order valence-corrected chi connectivity index (χ0v) is 16.0. The third-order valence-corrected chi connectivity index (χ3v) is 5.89. The highest BCUT2D eigenvalue weighted by Gasteiger charge is 2.23. The first-order valence-corrected chi connectivity index (χ1v) is 9.79. The molecule has 1 aliphatic rings. The van der Waals surface area contributed by atoms with Crippen LogP contribution < -0.4 is 14.5 Å². The van der Waals surface area contributed by atoms with E-state index in [0.29, 0.717) is 5.52 Å². The maximum atomic E-state index is 14.0. The second-order valence-electron chi connectivity index (χ2n) is 6.51. The van der Waals surface area contributed by atoms with Gasteiger partial charge in [-0.2, -0.15) is 0 Å². The number of hydrogen-bond donors (Lipinski definition) is 0. The van der Waals surface area contributed by atoms with Crippen molar-refractivity contribution in [1.82, 2.24) is 19.9 Å². The molecule has 0 spiro atoms. The Kier molecular flexibility index (Phi) is 4.16. The second kappa shape index (κ2) is 6.83. The van der Waals surface area contributed by atoms with Gasteiger partial charge in [-0.15, -0.1) is 11.3 Å². The number of halogens is 1. The number of hydrogen-bond acceptors (Lipinski definition) is 8. The molecule has 1 fully saturated rings. The van der Waals surface area contributed by atoms with E-state index in [1.807, 2.05) is 11.4 Å². The average Bonchev–Trinajstić information content (AvgIpc) is 3.22. The quantitative estimate of drug-likeness (QED) is 0.527. The van der Waals surface area contributed by atoms with Crippen LogP contribution in [-0.4, -0.2) is 53.2 Å². The molecule has 0 saturated carbocycles. The van der Waals surface area contributed by atoms with Crippen LogP contribution in [-0.2, 0) is 0 Å². The van der Waals surface area contributed by atoms with Gasteiger partial charge in [0, 0.05) is 37.6 Å². The summed E-state index contributed by atoms with van der Waals surface area (Å²) in [6.45, 7) is 3.19. The Morgan fingerprint density at radius 3 is 2.36 bits per heavy atom. The zero-order valence-electron chi connectivity index (χ0n) is 15.2. The first kappa shape index (κ1) is 17.1. The molecular weight excluding hydrogens is 379 g/mol. The molecule has 1 saturated heterocycles. The van der Waals surface area contributed by atoms with Crippen LogP contribution in [0.15, 0.2) is 36.2 Å². The highest BCUT2D eigenvalue weighted by Crippen LogP contribution is 2.32. The molecule has 28 heavy (non-hydrogen) atoms. The molecule has 4 aromatic rings. The maximum Gasteiger partial charge on any atom is 0.167 e. The van der Waals surface area contributed by atoms with Gasteiger partial charge in [-0.25, -0.2) is 24.3 Å². The lowest BCUT2D eigenvalue weighted by atomic mass is 10.2. The van der Waals surface area contributed by atoms with Crippen molar-refractivity contribution in [3.05, 3.63) is 42.1 Å². The number of thiophene rings is 1. The number of piperazine rings is 1. The van der Waals surface area contributed by atoms with Crippen molar-refractivity contribution < 1.29 is 9.13 Å². The van der Waals surface area contributed by atoms with E-state index in [4.69, 9.17) is 4.74 Å². The summed E-state index contributed by atoms with van der Waals surface area (Å²) >= 11 is 1.66. The highest BCUT2D eigenvalue weighted by atomic mass is 32.1. The van der Waals surface area contributed by atoms with Gasteiger partial charge in [-0.3, -0.25) is 0 Å². The van der Waals surface area contributed by atoms with Crippen LogP contribution in [0.25, 0.3) is 21.1 Å². The number of fused-ring (bicyclic) bond motifs is 2. The standard InChI is InChI=1S/C19H17FN6OS/c1-27-16-8-12-15(9-13(16)20)22-11-23-18(12)25-3-5-26(6-4-25)19-17-14(2-7-28-17)21-10-24-19/h2,7-11H,3-6H2,1H3. The lowest BCUT2D eigenvalue weighted by molar-refractivity contribution is 0.387. The fourth-order valence-electron chi connectivity index (χ4n) is 3.58. The number of nitrogens with zero attached hydrogens (tertiary/aromatic N) is 6. The number of ether oxygens (including phenoxy) is 1. The summed E-state index contributed by atoms with van der Waals surface area (Å²) < 4.78 is 20.3. The van der Waals surface area contributed by atoms with E-state index in [1.165, 1.54) is 19.5 Å². The number of methoxy groups -OCH3 is 1. The van der Waals surface area contributed by atoms with E-state index >= 15 is 0 Å². The molecule has 7 nitrogen and oxygen atoms in total. The van der Waals surface area contributed by atoms with Crippen molar-refractivity contribution in [3.8, 4) is 5.75 Å². The lowest BCUT2D eigenvalue weighted by Gasteiger charge is -2.36. The van der Waals surface area contributed by atoms with Crippen molar-refractivity contribution in [2.75, 3.05) is 43.1 Å². The first-order valence-electron chi connectivity index (χ1n) is 8.91. The van der Waals surface area contributed by atoms with Crippen molar-refractivity contribution in [2.45, 2.75) is 0 Å². The predicted molar refractivity (Wildman–Crippen MR) is 108 cm³/mol. The smallest absolute Gasteiger partial charge is 0.167 e. The lowest BCUT2D eigenvalue weighted by Crippen LogP contribution is -2.47. The minimum absolute atomic E-state index is 0.197. The maximum absolute atomic E-state index is 14.0. The first-order chi connectivity index (χ1) is 13.7. The SMILES string of the molecule is COc1cc2c(N3CCN(c4ncnc5ccsc45)CC3)ncnc2cc1F. The summed E-state index contributed by atoms with van der Waals surface area (Å²) in [7, 11) is 1.46. The van der Waals surface area contributed by atoms with Gasteiger partial charge in [0.1, 0.15) is 24.3 Å². The van der Waals surface area contributed by atoms with Crippen LogP contribution in [0, 0.1) is 5.82 Å². The molecule has 0 amide bonds. The van der Waals surface area contributed by atoms with Crippen LogP contribution in [0.3, 0.4) is 0 Å². The molecule has 0 bridgehead atoms. The van der Waals surface area contributed by atoms with Crippen LogP contribution in [0.4, 0.5) is 16.0 Å². The molecule has 0 N–H and O–H groups in total. The Hall–Kier alpha value is -3.07. The van der Waals surface area contributed by atoms with Gasteiger partial charge < -0.3 is 14.5 Å². The van der Waals surface area contributed by atoms with E-state index < -0.39 is 5.82 Å². The third kappa shape index (κ3) is 2.78. The van der Waals surface area contributed by atoms with E-state index in [-0.39, 0.29) is 5.75 Å². The molecule has 0 unspecified atom stereocenters. The van der Waals surface area contributed by atoms with Gasteiger partial charge in [0.15, 0.2) is 11.6 Å². The Morgan fingerprint density at radius 2 is 1.61 bits per heavy atom. The molecule has 1 aliphatic heterocycles. The van der Waals surface area contributed by atoms with Gasteiger partial charge in [-0.05, 0) is 17.5 Å². The fourth-order valence-corrected chi connectivity index (χ4v) is 4.45. The number of rotatable bonds is 3. The van der Waals surface area contributed by atoms with Crippen LogP contribution in [0.1, 0.15) is 0 Å². The van der Waals surface area contributed by atoms with E-state index in [1.54, 1.807) is 23.7 Å². The topological polar surface area (TPSA) is 67.3 Å². The predicted octanol–water partition coefficient (Wildman–Crippen LogP) is 3.11. The van der Waals surface area contributed by atoms with Gasteiger partial charge >= 0.3 is 0 Å². The van der Waals surface area contributed by atoms with E-state index in [2.05, 4.69) is 29.7 Å². The summed E-state index contributed by atoms with van der Waals surface area (Å²) in [5, 5.41) is 2.83. The summed E-state index contributed by atoms with van der Waals surface area (Å²) in [5.74, 6) is 1.55. The summed E-state index contributed by atoms with van der Waals surface area (Å²) in [4.78, 5) is 22.0. The molecule has 5 rings (SSSR count). The number of anilines is 2. The van der Waals surface area contributed by atoms with E-state index in [0.717, 1.165) is 53.4 Å². The fraction of sp³-hybridized carbons (Fsp3) is 0.263. The Morgan fingerprint density at radius 1 is 0.929 bits per heavy atom.